The van der Waals surface area contributed by atoms with Crippen molar-refractivity contribution in [2.45, 2.75) is 19.9 Å². The van der Waals surface area contributed by atoms with Crippen LogP contribution in [0.15, 0.2) is 24.4 Å². The Morgan fingerprint density at radius 1 is 1.36 bits per heavy atom. The molecule has 11 nitrogen and oxygen atoms in total. The number of non-ortho nitro benzene ring substituents is 1. The molecule has 2 rings (SSSR count). The van der Waals surface area contributed by atoms with E-state index in [2.05, 4.69) is 10.4 Å². The van der Waals surface area contributed by atoms with Crippen LogP contribution in [0, 0.1) is 38.5 Å². The fraction of sp³-hybridized carbons (Fsp3) is 0.214. The van der Waals surface area contributed by atoms with E-state index in [-0.39, 0.29) is 28.3 Å². The summed E-state index contributed by atoms with van der Waals surface area (Å²) in [7, 11) is 0. The fourth-order valence-corrected chi connectivity index (χ4v) is 2.18. The van der Waals surface area contributed by atoms with Crippen molar-refractivity contribution in [3.05, 3.63) is 55.9 Å². The first-order valence-electron chi connectivity index (χ1n) is 6.94. The third-order valence-electron chi connectivity index (χ3n) is 3.55. The molecule has 0 aliphatic carbocycles. The van der Waals surface area contributed by atoms with Crippen LogP contribution in [0.2, 0.25) is 0 Å². The number of hydrogen-bond acceptors (Lipinski definition) is 7. The number of carbonyl (C=O) groups excluding carboxylic acids is 1. The van der Waals surface area contributed by atoms with E-state index in [0.29, 0.717) is 0 Å². The van der Waals surface area contributed by atoms with E-state index in [9.17, 15) is 25.0 Å². The van der Waals surface area contributed by atoms with Crippen molar-refractivity contribution in [1.82, 2.24) is 9.78 Å². The zero-order valence-electron chi connectivity index (χ0n) is 13.2. The third kappa shape index (κ3) is 3.42. The highest BCUT2D eigenvalue weighted by Gasteiger charge is 2.24. The highest BCUT2D eigenvalue weighted by Crippen LogP contribution is 2.24. The third-order valence-corrected chi connectivity index (χ3v) is 3.55. The fourth-order valence-electron chi connectivity index (χ4n) is 2.18. The number of amides is 1. The highest BCUT2D eigenvalue weighted by atomic mass is 16.6. The Morgan fingerprint density at radius 3 is 2.56 bits per heavy atom. The van der Waals surface area contributed by atoms with Crippen molar-refractivity contribution < 1.29 is 14.6 Å². The molecule has 0 bridgehead atoms. The van der Waals surface area contributed by atoms with Gasteiger partial charge < -0.3 is 5.32 Å². The standard InChI is InChI=1S/C14H12N6O5/c1-8-13(20(24)25)7-16-18(8)9(2)14(21)17-12-4-3-11(19(22)23)5-10(12)6-15/h3-5,7,9H,1-2H3,(H,17,21). The van der Waals surface area contributed by atoms with E-state index >= 15 is 0 Å². The number of carbonyl (C=O) groups is 1. The minimum Gasteiger partial charge on any atom is -0.323 e. The largest absolute Gasteiger partial charge is 0.323 e. The average Bonchev–Trinajstić information content (AvgIpc) is 2.95. The Morgan fingerprint density at radius 2 is 2.04 bits per heavy atom. The molecule has 1 aromatic heterocycles. The number of benzene rings is 1. The summed E-state index contributed by atoms with van der Waals surface area (Å²) in [4.78, 5) is 32.7. The number of aromatic nitrogens is 2. The number of nitriles is 1. The summed E-state index contributed by atoms with van der Waals surface area (Å²) in [5, 5.41) is 37.0. The molecule has 25 heavy (non-hydrogen) atoms. The van der Waals surface area contributed by atoms with Crippen LogP contribution < -0.4 is 5.32 Å². The van der Waals surface area contributed by atoms with Crippen molar-refractivity contribution in [3.8, 4) is 6.07 Å². The van der Waals surface area contributed by atoms with Gasteiger partial charge in [-0.25, -0.2) is 0 Å². The topological polar surface area (TPSA) is 157 Å². The maximum absolute atomic E-state index is 12.3. The summed E-state index contributed by atoms with van der Waals surface area (Å²) in [5.74, 6) is -0.577. The van der Waals surface area contributed by atoms with Crippen LogP contribution in [-0.4, -0.2) is 25.5 Å². The van der Waals surface area contributed by atoms with Gasteiger partial charge in [-0.15, -0.1) is 0 Å². The monoisotopic (exact) mass is 344 g/mol. The van der Waals surface area contributed by atoms with Crippen molar-refractivity contribution in [2.75, 3.05) is 5.32 Å². The van der Waals surface area contributed by atoms with Gasteiger partial charge in [-0.05, 0) is 19.9 Å². The summed E-state index contributed by atoms with van der Waals surface area (Å²) in [6, 6.07) is 4.33. The second-order valence-electron chi connectivity index (χ2n) is 5.08. The molecule has 1 amide bonds. The molecular weight excluding hydrogens is 332 g/mol. The van der Waals surface area contributed by atoms with Crippen molar-refractivity contribution in [3.63, 3.8) is 0 Å². The summed E-state index contributed by atoms with van der Waals surface area (Å²) >= 11 is 0. The first-order valence-corrected chi connectivity index (χ1v) is 6.94. The second-order valence-corrected chi connectivity index (χ2v) is 5.08. The molecule has 11 heteroatoms. The maximum Gasteiger partial charge on any atom is 0.309 e. The van der Waals surface area contributed by atoms with Gasteiger partial charge in [0.15, 0.2) is 0 Å². The van der Waals surface area contributed by atoms with Crippen molar-refractivity contribution in [1.29, 1.82) is 5.26 Å². The second kappa shape index (κ2) is 6.75. The molecule has 0 fully saturated rings. The molecule has 0 spiro atoms. The normalized spacial score (nSPS) is 11.4. The average molecular weight is 344 g/mol. The first-order chi connectivity index (χ1) is 11.8. The van der Waals surface area contributed by atoms with Crippen molar-refractivity contribution >= 4 is 23.0 Å². The van der Waals surface area contributed by atoms with Gasteiger partial charge in [0, 0.05) is 12.1 Å². The Kier molecular flexibility index (Phi) is 4.74. The molecular formula is C14H12N6O5. The lowest BCUT2D eigenvalue weighted by molar-refractivity contribution is -0.385. The van der Waals surface area contributed by atoms with E-state index in [0.717, 1.165) is 18.3 Å². The molecule has 1 heterocycles. The number of rotatable bonds is 5. The maximum atomic E-state index is 12.3. The van der Waals surface area contributed by atoms with E-state index in [4.69, 9.17) is 5.26 Å². The van der Waals surface area contributed by atoms with E-state index in [1.807, 2.05) is 0 Å². The van der Waals surface area contributed by atoms with Gasteiger partial charge in [0.05, 0.1) is 21.1 Å². The van der Waals surface area contributed by atoms with Crippen LogP contribution in [0.5, 0.6) is 0 Å². The molecule has 1 N–H and O–H groups in total. The molecule has 1 unspecified atom stereocenters. The van der Waals surface area contributed by atoms with E-state index in [1.165, 1.54) is 24.6 Å². The van der Waals surface area contributed by atoms with Crippen LogP contribution >= 0.6 is 0 Å². The zero-order chi connectivity index (χ0) is 18.7. The van der Waals surface area contributed by atoms with Gasteiger partial charge in [-0.3, -0.25) is 29.7 Å². The molecule has 0 saturated heterocycles. The minimum atomic E-state index is -0.893. The predicted octanol–water partition coefficient (Wildman–Crippen LogP) is 2.08. The summed E-state index contributed by atoms with van der Waals surface area (Å²) in [6.45, 7) is 2.94. The molecule has 1 aromatic carbocycles. The lowest BCUT2D eigenvalue weighted by Crippen LogP contribution is -2.25. The number of nitrogens with zero attached hydrogens (tertiary/aromatic N) is 5. The Hall–Kier alpha value is -3.81. The minimum absolute atomic E-state index is 0.0714. The molecule has 0 aliphatic rings. The zero-order valence-corrected chi connectivity index (χ0v) is 13.2. The van der Waals surface area contributed by atoms with E-state index < -0.39 is 21.8 Å². The summed E-state index contributed by atoms with van der Waals surface area (Å²) in [5.41, 5.74) is -0.257. The summed E-state index contributed by atoms with van der Waals surface area (Å²) < 4.78 is 1.19. The lowest BCUT2D eigenvalue weighted by Gasteiger charge is -2.14. The molecule has 0 radical (unpaired) electrons. The van der Waals surface area contributed by atoms with Crippen LogP contribution in [0.25, 0.3) is 0 Å². The Balaban J connectivity index is 2.26. The van der Waals surface area contributed by atoms with Crippen LogP contribution in [0.3, 0.4) is 0 Å². The Bertz CT molecular complexity index is 913. The number of nitrogens with one attached hydrogen (secondary N) is 1. The van der Waals surface area contributed by atoms with Crippen LogP contribution in [0.1, 0.15) is 24.2 Å². The molecule has 128 valence electrons. The van der Waals surface area contributed by atoms with Crippen LogP contribution in [-0.2, 0) is 4.79 Å². The quantitative estimate of drug-likeness (QED) is 0.642. The highest BCUT2D eigenvalue weighted by molar-refractivity contribution is 5.94. The number of nitro benzene ring substituents is 1. The first kappa shape index (κ1) is 17.5. The van der Waals surface area contributed by atoms with Gasteiger partial charge in [0.1, 0.15) is 24.0 Å². The number of nitro groups is 2. The smallest absolute Gasteiger partial charge is 0.309 e. The van der Waals surface area contributed by atoms with Gasteiger partial charge in [-0.2, -0.15) is 10.4 Å². The summed E-state index contributed by atoms with van der Waals surface area (Å²) in [6.07, 6.45) is 1.05. The van der Waals surface area contributed by atoms with E-state index in [1.54, 1.807) is 6.07 Å². The molecule has 1 atom stereocenters. The Labute approximate surface area is 140 Å². The molecule has 0 aliphatic heterocycles. The van der Waals surface area contributed by atoms with Crippen molar-refractivity contribution in [2.24, 2.45) is 0 Å². The number of anilines is 1. The predicted molar refractivity (Wildman–Crippen MR) is 84.8 cm³/mol. The number of hydrogen-bond donors (Lipinski definition) is 1. The van der Waals surface area contributed by atoms with Gasteiger partial charge in [0.25, 0.3) is 5.69 Å². The van der Waals surface area contributed by atoms with Gasteiger partial charge >= 0.3 is 5.69 Å². The van der Waals surface area contributed by atoms with Gasteiger partial charge in [-0.1, -0.05) is 0 Å². The van der Waals surface area contributed by atoms with Gasteiger partial charge in [0.2, 0.25) is 5.91 Å². The molecule has 2 aromatic rings. The van der Waals surface area contributed by atoms with Crippen LogP contribution in [0.4, 0.5) is 17.1 Å². The lowest BCUT2D eigenvalue weighted by atomic mass is 10.1. The molecule has 0 saturated carbocycles. The SMILES string of the molecule is Cc1c([N+](=O)[O-])cnn1C(C)C(=O)Nc1ccc([N+](=O)[O-])cc1C#N.